The molecule has 7 atom stereocenters. The Morgan fingerprint density at radius 1 is 0.933 bits per heavy atom. The second kappa shape index (κ2) is 3.65. The molecule has 2 saturated heterocycles. The van der Waals surface area contributed by atoms with Crippen LogP contribution < -0.4 is 0 Å². The first kappa shape index (κ1) is 11.3. The van der Waals surface area contributed by atoms with Gasteiger partial charge in [0.25, 0.3) is 0 Å². The molecule has 0 radical (unpaired) electrons. The van der Waals surface area contributed by atoms with Gasteiger partial charge in [-0.15, -0.1) is 0 Å². The fraction of sp³-hybridized carbons (Fsp3) is 1.00. The summed E-state index contributed by atoms with van der Waals surface area (Å²) in [6.45, 7) is 1.39. The molecule has 2 aliphatic rings. The van der Waals surface area contributed by atoms with E-state index in [1.54, 1.807) is 11.8 Å². The van der Waals surface area contributed by atoms with Crippen LogP contribution in [0.15, 0.2) is 0 Å². The van der Waals surface area contributed by atoms with Gasteiger partial charge in [0.05, 0.1) is 43.1 Å². The number of hydrogen-bond donors (Lipinski definition) is 5. The molecule has 2 heterocycles. The van der Waals surface area contributed by atoms with Crippen molar-refractivity contribution in [2.24, 2.45) is 0 Å². The van der Waals surface area contributed by atoms with Gasteiger partial charge in [-0.05, 0) is 6.92 Å². The van der Waals surface area contributed by atoms with E-state index in [4.69, 9.17) is 5.11 Å². The van der Waals surface area contributed by atoms with E-state index in [0.717, 1.165) is 0 Å². The van der Waals surface area contributed by atoms with Crippen LogP contribution in [0.5, 0.6) is 0 Å². The predicted octanol–water partition coefficient (Wildman–Crippen LogP) is -3.12. The van der Waals surface area contributed by atoms with Crippen molar-refractivity contribution in [1.82, 2.24) is 4.90 Å². The van der Waals surface area contributed by atoms with Gasteiger partial charge < -0.3 is 25.5 Å². The number of fused-ring (bicyclic) bond motifs is 1. The molecule has 0 aromatic carbocycles. The Morgan fingerprint density at radius 3 is 2.00 bits per heavy atom. The highest BCUT2D eigenvalue weighted by Crippen LogP contribution is 2.37. The van der Waals surface area contributed by atoms with E-state index >= 15 is 0 Å². The van der Waals surface area contributed by atoms with Crippen molar-refractivity contribution in [1.29, 1.82) is 0 Å². The molecule has 0 aromatic rings. The predicted molar refractivity (Wildman–Crippen MR) is 50.0 cm³/mol. The van der Waals surface area contributed by atoms with Gasteiger partial charge in [-0.2, -0.15) is 0 Å². The van der Waals surface area contributed by atoms with Gasteiger partial charge in [-0.3, -0.25) is 4.90 Å². The standard InChI is InChI=1S/C9H17NO5/c1-3-6(12)8(14)5-9(15)7(13)4(2-11)10(3)5/h3-9,11-15H,2H2,1H3/t3-,4+,5+,6+,7+,8-,9+/m1/s1. The molecule has 5 N–H and O–H groups in total. The first-order chi connectivity index (χ1) is 7.00. The highest BCUT2D eigenvalue weighted by Gasteiger charge is 2.59. The summed E-state index contributed by atoms with van der Waals surface area (Å²) in [6, 6.07) is -1.69. The highest BCUT2D eigenvalue weighted by atomic mass is 16.4. The molecule has 0 bridgehead atoms. The van der Waals surface area contributed by atoms with E-state index in [9.17, 15) is 20.4 Å². The minimum absolute atomic E-state index is 0.307. The fourth-order valence-electron chi connectivity index (χ4n) is 2.82. The lowest BCUT2D eigenvalue weighted by molar-refractivity contribution is -0.0321. The van der Waals surface area contributed by atoms with E-state index in [1.807, 2.05) is 0 Å². The number of aliphatic hydroxyl groups is 5. The molecular formula is C9H17NO5. The van der Waals surface area contributed by atoms with Crippen molar-refractivity contribution in [3.05, 3.63) is 0 Å². The lowest BCUT2D eigenvalue weighted by Gasteiger charge is -2.27. The van der Waals surface area contributed by atoms with Crippen LogP contribution >= 0.6 is 0 Å². The van der Waals surface area contributed by atoms with Gasteiger partial charge >= 0.3 is 0 Å². The average molecular weight is 219 g/mol. The maximum atomic E-state index is 9.70. The van der Waals surface area contributed by atoms with Crippen LogP contribution in [0, 0.1) is 0 Å². The molecule has 88 valence electrons. The van der Waals surface area contributed by atoms with E-state index in [-0.39, 0.29) is 12.6 Å². The fourth-order valence-corrected chi connectivity index (χ4v) is 2.82. The van der Waals surface area contributed by atoms with Crippen LogP contribution in [0.3, 0.4) is 0 Å². The van der Waals surface area contributed by atoms with Crippen molar-refractivity contribution in [2.45, 2.75) is 49.5 Å². The third-order valence-electron chi connectivity index (χ3n) is 3.67. The summed E-state index contributed by atoms with van der Waals surface area (Å²) in [6.07, 6.45) is -4.24. The topological polar surface area (TPSA) is 104 Å². The zero-order chi connectivity index (χ0) is 11.3. The lowest BCUT2D eigenvalue weighted by atomic mass is 10.00. The summed E-state index contributed by atoms with van der Waals surface area (Å²) in [5.74, 6) is 0. The van der Waals surface area contributed by atoms with Gasteiger partial charge in [-0.1, -0.05) is 0 Å². The molecule has 0 amide bonds. The minimum Gasteiger partial charge on any atom is -0.395 e. The number of aliphatic hydroxyl groups excluding tert-OH is 5. The third-order valence-corrected chi connectivity index (χ3v) is 3.67. The monoisotopic (exact) mass is 219 g/mol. The molecule has 0 aliphatic carbocycles. The largest absolute Gasteiger partial charge is 0.395 e. The summed E-state index contributed by atoms with van der Waals surface area (Å²) < 4.78 is 0. The first-order valence-corrected chi connectivity index (χ1v) is 5.11. The van der Waals surface area contributed by atoms with E-state index in [2.05, 4.69) is 0 Å². The minimum atomic E-state index is -1.13. The molecule has 0 aromatic heterocycles. The molecule has 2 fully saturated rings. The first-order valence-electron chi connectivity index (χ1n) is 5.11. The van der Waals surface area contributed by atoms with E-state index < -0.39 is 36.5 Å². The second-order valence-corrected chi connectivity index (χ2v) is 4.39. The SMILES string of the molecule is C[C@@H]1[C@H](O)[C@H](O)[C@H]2[C@H](O)[C@@H](O)[C@H](CO)N21. The Kier molecular flexibility index (Phi) is 2.74. The lowest BCUT2D eigenvalue weighted by Crippen LogP contribution is -2.45. The average Bonchev–Trinajstić information content (AvgIpc) is 2.59. The van der Waals surface area contributed by atoms with E-state index in [0.29, 0.717) is 0 Å². The highest BCUT2D eigenvalue weighted by molar-refractivity contribution is 5.12. The Morgan fingerprint density at radius 2 is 1.47 bits per heavy atom. The van der Waals surface area contributed by atoms with Crippen molar-refractivity contribution in [3.8, 4) is 0 Å². The molecule has 6 heteroatoms. The molecular weight excluding hydrogens is 202 g/mol. The van der Waals surface area contributed by atoms with Crippen LogP contribution in [0.1, 0.15) is 6.92 Å². The van der Waals surface area contributed by atoms with Crippen molar-refractivity contribution in [2.75, 3.05) is 6.61 Å². The maximum Gasteiger partial charge on any atom is 0.0996 e. The molecule has 0 unspecified atom stereocenters. The molecule has 2 rings (SSSR count). The zero-order valence-corrected chi connectivity index (χ0v) is 8.43. The molecule has 0 spiro atoms. The summed E-state index contributed by atoms with van der Waals surface area (Å²) in [7, 11) is 0. The van der Waals surface area contributed by atoms with Gasteiger partial charge in [0.2, 0.25) is 0 Å². The summed E-state index contributed by atoms with van der Waals surface area (Å²) in [5, 5.41) is 47.8. The van der Waals surface area contributed by atoms with E-state index in [1.165, 1.54) is 0 Å². The number of nitrogens with zero attached hydrogens (tertiary/aromatic N) is 1. The summed E-state index contributed by atoms with van der Waals surface area (Å²) in [5.41, 5.74) is 0. The van der Waals surface area contributed by atoms with Gasteiger partial charge in [0, 0.05) is 6.04 Å². The molecule has 15 heavy (non-hydrogen) atoms. The Balaban J connectivity index is 2.29. The van der Waals surface area contributed by atoms with Crippen molar-refractivity contribution in [3.63, 3.8) is 0 Å². The van der Waals surface area contributed by atoms with Gasteiger partial charge in [0.15, 0.2) is 0 Å². The number of rotatable bonds is 1. The summed E-state index contributed by atoms with van der Waals surface area (Å²) >= 11 is 0. The summed E-state index contributed by atoms with van der Waals surface area (Å²) in [4.78, 5) is 1.60. The quantitative estimate of drug-likeness (QED) is 0.319. The van der Waals surface area contributed by atoms with Crippen LogP contribution in [-0.2, 0) is 0 Å². The van der Waals surface area contributed by atoms with Crippen molar-refractivity contribution < 1.29 is 25.5 Å². The van der Waals surface area contributed by atoms with Crippen LogP contribution in [-0.4, -0.2) is 79.6 Å². The normalized spacial score (nSPS) is 56.0. The third kappa shape index (κ3) is 1.33. The molecule has 0 saturated carbocycles. The van der Waals surface area contributed by atoms with Crippen LogP contribution in [0.25, 0.3) is 0 Å². The Bertz CT molecular complexity index is 251. The van der Waals surface area contributed by atoms with Gasteiger partial charge in [-0.25, -0.2) is 0 Å². The Labute approximate surface area is 87.4 Å². The molecule has 6 nitrogen and oxygen atoms in total. The maximum absolute atomic E-state index is 9.70. The second-order valence-electron chi connectivity index (χ2n) is 4.39. The zero-order valence-electron chi connectivity index (χ0n) is 8.43. The van der Waals surface area contributed by atoms with Crippen LogP contribution in [0.2, 0.25) is 0 Å². The van der Waals surface area contributed by atoms with Crippen LogP contribution in [0.4, 0.5) is 0 Å². The number of hydrogen-bond acceptors (Lipinski definition) is 6. The van der Waals surface area contributed by atoms with Crippen molar-refractivity contribution >= 4 is 0 Å². The smallest absolute Gasteiger partial charge is 0.0996 e. The molecule has 2 aliphatic heterocycles. The van der Waals surface area contributed by atoms with Gasteiger partial charge in [0.1, 0.15) is 0 Å². The Hall–Kier alpha value is -0.240.